The molecule has 2 saturated heterocycles. The molecule has 0 radical (unpaired) electrons. The topological polar surface area (TPSA) is 40.6 Å². The Kier molecular flexibility index (Phi) is 5.50. The van der Waals surface area contributed by atoms with Gasteiger partial charge in [-0.05, 0) is 30.6 Å². The van der Waals surface area contributed by atoms with Gasteiger partial charge in [-0.2, -0.15) is 13.2 Å². The summed E-state index contributed by atoms with van der Waals surface area (Å²) in [6.07, 6.45) is -1.66. The fourth-order valence-electron chi connectivity index (χ4n) is 3.75. The van der Waals surface area contributed by atoms with Crippen molar-refractivity contribution >= 4 is 11.8 Å². The van der Waals surface area contributed by atoms with Crippen LogP contribution < -0.4 is 0 Å². The summed E-state index contributed by atoms with van der Waals surface area (Å²) in [5, 5.41) is 0. The third-order valence-electron chi connectivity index (χ3n) is 5.20. The third kappa shape index (κ3) is 4.86. The van der Waals surface area contributed by atoms with E-state index in [9.17, 15) is 22.8 Å². The molecule has 0 saturated carbocycles. The highest BCUT2D eigenvalue weighted by atomic mass is 19.4. The van der Waals surface area contributed by atoms with E-state index in [2.05, 4.69) is 20.8 Å². The molecular formula is C17H27F3N2O2. The summed E-state index contributed by atoms with van der Waals surface area (Å²) in [7, 11) is 0. The lowest BCUT2D eigenvalue weighted by molar-refractivity contribution is -0.157. The highest BCUT2D eigenvalue weighted by molar-refractivity contribution is 5.89. The predicted octanol–water partition coefficient (Wildman–Crippen LogP) is 3.07. The lowest BCUT2D eigenvalue weighted by Crippen LogP contribution is -2.39. The van der Waals surface area contributed by atoms with E-state index in [-0.39, 0.29) is 24.3 Å². The van der Waals surface area contributed by atoms with Crippen molar-refractivity contribution < 1.29 is 22.8 Å². The molecule has 138 valence electrons. The van der Waals surface area contributed by atoms with Crippen LogP contribution >= 0.6 is 0 Å². The second-order valence-corrected chi connectivity index (χ2v) is 8.11. The Morgan fingerprint density at radius 1 is 1.17 bits per heavy atom. The van der Waals surface area contributed by atoms with Crippen LogP contribution in [0.5, 0.6) is 0 Å². The smallest absolute Gasteiger partial charge is 0.342 e. The van der Waals surface area contributed by atoms with Crippen LogP contribution in [0.3, 0.4) is 0 Å². The van der Waals surface area contributed by atoms with Crippen LogP contribution in [0.2, 0.25) is 0 Å². The summed E-state index contributed by atoms with van der Waals surface area (Å²) >= 11 is 0. The average molecular weight is 348 g/mol. The molecule has 2 fully saturated rings. The van der Waals surface area contributed by atoms with Gasteiger partial charge in [0, 0.05) is 26.1 Å². The van der Waals surface area contributed by atoms with E-state index in [1.54, 1.807) is 4.90 Å². The maximum Gasteiger partial charge on any atom is 0.406 e. The monoisotopic (exact) mass is 348 g/mol. The van der Waals surface area contributed by atoms with Crippen molar-refractivity contribution in [2.45, 2.75) is 52.6 Å². The molecule has 0 aromatic carbocycles. The second-order valence-electron chi connectivity index (χ2n) is 8.11. The van der Waals surface area contributed by atoms with Crippen LogP contribution in [0.25, 0.3) is 0 Å². The largest absolute Gasteiger partial charge is 0.406 e. The molecule has 0 bridgehead atoms. The van der Waals surface area contributed by atoms with E-state index < -0.39 is 24.5 Å². The van der Waals surface area contributed by atoms with E-state index in [1.165, 1.54) is 0 Å². The van der Waals surface area contributed by atoms with E-state index in [0.29, 0.717) is 19.0 Å². The molecule has 0 aliphatic carbocycles. The minimum atomic E-state index is -4.42. The number of rotatable bonds is 2. The second kappa shape index (κ2) is 6.92. The lowest BCUT2D eigenvalue weighted by Gasteiger charge is -2.30. The van der Waals surface area contributed by atoms with Crippen molar-refractivity contribution in [3.63, 3.8) is 0 Å². The molecule has 4 nitrogen and oxygen atoms in total. The molecule has 0 N–H and O–H groups in total. The van der Waals surface area contributed by atoms with Crippen molar-refractivity contribution in [1.82, 2.24) is 9.80 Å². The Labute approximate surface area is 141 Å². The summed E-state index contributed by atoms with van der Waals surface area (Å²) < 4.78 is 37.4. The normalized spacial score (nSPS) is 26.7. The van der Waals surface area contributed by atoms with Gasteiger partial charge in [0.25, 0.3) is 0 Å². The molecule has 2 rings (SSSR count). The number of alkyl halides is 3. The van der Waals surface area contributed by atoms with Crippen molar-refractivity contribution in [1.29, 1.82) is 0 Å². The summed E-state index contributed by atoms with van der Waals surface area (Å²) in [4.78, 5) is 26.9. The van der Waals surface area contributed by atoms with Crippen molar-refractivity contribution in [2.75, 3.05) is 26.2 Å². The van der Waals surface area contributed by atoms with E-state index >= 15 is 0 Å². The van der Waals surface area contributed by atoms with Crippen LogP contribution in [-0.4, -0.2) is 54.0 Å². The first-order valence-corrected chi connectivity index (χ1v) is 8.60. The van der Waals surface area contributed by atoms with Crippen LogP contribution in [-0.2, 0) is 9.59 Å². The van der Waals surface area contributed by atoms with Crippen molar-refractivity contribution in [2.24, 2.45) is 17.3 Å². The number of carbonyl (C=O) groups excluding carboxylic acids is 2. The van der Waals surface area contributed by atoms with Crippen LogP contribution in [0.1, 0.15) is 46.5 Å². The lowest BCUT2D eigenvalue weighted by atomic mass is 9.77. The Morgan fingerprint density at radius 3 is 2.42 bits per heavy atom. The number of carbonyl (C=O) groups is 2. The first-order valence-electron chi connectivity index (χ1n) is 8.60. The van der Waals surface area contributed by atoms with Crippen LogP contribution in [0.4, 0.5) is 13.2 Å². The molecule has 2 amide bonds. The summed E-state index contributed by atoms with van der Waals surface area (Å²) in [6, 6.07) is 0. The Balaban J connectivity index is 1.94. The Morgan fingerprint density at radius 2 is 1.83 bits per heavy atom. The minimum Gasteiger partial charge on any atom is -0.342 e. The highest BCUT2D eigenvalue weighted by Gasteiger charge is 2.42. The first-order chi connectivity index (χ1) is 11.0. The number of amides is 2. The van der Waals surface area contributed by atoms with Gasteiger partial charge < -0.3 is 9.80 Å². The molecule has 7 heteroatoms. The van der Waals surface area contributed by atoms with Crippen LogP contribution in [0, 0.1) is 17.3 Å². The number of halogens is 3. The SMILES string of the molecule is CC(C)(C)[C@H]1CCCN(C(=O)[C@H]2CC(=O)N(CC(F)(F)F)C2)CC1. The third-order valence-corrected chi connectivity index (χ3v) is 5.20. The zero-order chi connectivity index (χ0) is 18.1. The highest BCUT2D eigenvalue weighted by Crippen LogP contribution is 2.35. The standard InChI is InChI=1S/C17H27F3N2O2/c1-16(2,3)13-5-4-7-21(8-6-13)15(24)12-9-14(23)22(10-12)11-17(18,19)20/h12-13H,4-11H2,1-3H3/t12-,13-/m0/s1. The molecule has 2 aliphatic heterocycles. The van der Waals surface area contributed by atoms with Crippen molar-refractivity contribution in [3.8, 4) is 0 Å². The van der Waals surface area contributed by atoms with Gasteiger partial charge >= 0.3 is 6.18 Å². The van der Waals surface area contributed by atoms with Gasteiger partial charge in [-0.25, -0.2) is 0 Å². The number of hydrogen-bond acceptors (Lipinski definition) is 2. The molecular weight excluding hydrogens is 321 g/mol. The van der Waals surface area contributed by atoms with E-state index in [4.69, 9.17) is 0 Å². The molecule has 2 aliphatic rings. The molecule has 0 unspecified atom stereocenters. The summed E-state index contributed by atoms with van der Waals surface area (Å²) in [5.41, 5.74) is 0.186. The Hall–Kier alpha value is -1.27. The molecule has 2 heterocycles. The molecule has 0 spiro atoms. The molecule has 2 atom stereocenters. The fourth-order valence-corrected chi connectivity index (χ4v) is 3.75. The van der Waals surface area contributed by atoms with Gasteiger partial charge in [-0.15, -0.1) is 0 Å². The van der Waals surface area contributed by atoms with Gasteiger partial charge in [0.05, 0.1) is 5.92 Å². The minimum absolute atomic E-state index is 0.103. The number of hydrogen-bond donors (Lipinski definition) is 0. The molecule has 0 aromatic heterocycles. The quantitative estimate of drug-likeness (QED) is 0.769. The van der Waals surface area contributed by atoms with Gasteiger partial charge in [0.1, 0.15) is 6.54 Å². The van der Waals surface area contributed by atoms with Crippen LogP contribution in [0.15, 0.2) is 0 Å². The molecule has 24 heavy (non-hydrogen) atoms. The van der Waals surface area contributed by atoms with E-state index in [1.807, 2.05) is 0 Å². The summed E-state index contributed by atoms with van der Waals surface area (Å²) in [6.45, 7) is 6.47. The van der Waals surface area contributed by atoms with E-state index in [0.717, 1.165) is 24.2 Å². The Bertz CT molecular complexity index is 485. The average Bonchev–Trinajstić information content (AvgIpc) is 2.64. The van der Waals surface area contributed by atoms with Gasteiger partial charge in [0.2, 0.25) is 11.8 Å². The number of likely N-dealkylation sites (tertiary alicyclic amines) is 2. The number of nitrogens with zero attached hydrogens (tertiary/aromatic N) is 2. The zero-order valence-corrected chi connectivity index (χ0v) is 14.7. The summed E-state index contributed by atoms with van der Waals surface area (Å²) in [5.74, 6) is -0.844. The van der Waals surface area contributed by atoms with Crippen molar-refractivity contribution in [3.05, 3.63) is 0 Å². The van der Waals surface area contributed by atoms with Gasteiger partial charge in [-0.3, -0.25) is 9.59 Å². The fraction of sp³-hybridized carbons (Fsp3) is 0.882. The molecule has 0 aromatic rings. The maximum absolute atomic E-state index is 12.6. The van der Waals surface area contributed by atoms with Gasteiger partial charge in [0.15, 0.2) is 0 Å². The maximum atomic E-state index is 12.6. The zero-order valence-electron chi connectivity index (χ0n) is 14.7. The predicted molar refractivity (Wildman–Crippen MR) is 84.1 cm³/mol. The first kappa shape index (κ1) is 19.1. The van der Waals surface area contributed by atoms with Gasteiger partial charge in [-0.1, -0.05) is 20.8 Å².